The van der Waals surface area contributed by atoms with Crippen LogP contribution in [0.4, 0.5) is 0 Å². The normalized spacial score (nSPS) is 11.3. The molecule has 0 aromatic carbocycles. The van der Waals surface area contributed by atoms with Crippen LogP contribution in [0.5, 0.6) is 0 Å². The molecule has 0 saturated carbocycles. The number of rotatable bonds is 7. The molecule has 0 heterocycles. The number of carbonyl (C=O) groups excluding carboxylic acids is 1. The molecule has 6 heteroatoms. The molecule has 2 N–H and O–H groups in total. The van der Waals surface area contributed by atoms with Crippen LogP contribution in [0.1, 0.15) is 13.3 Å². The van der Waals surface area contributed by atoms with Crippen LogP contribution in [0.15, 0.2) is 0 Å². The average Bonchev–Trinajstić information content (AvgIpc) is 2.00. The molecule has 0 fully saturated rings. The van der Waals surface area contributed by atoms with E-state index in [4.69, 9.17) is 0 Å². The summed E-state index contributed by atoms with van der Waals surface area (Å²) < 4.78 is 21.4. The van der Waals surface area contributed by atoms with Crippen LogP contribution in [0.3, 0.4) is 0 Å². The molecule has 5 nitrogen and oxygen atoms in total. The van der Waals surface area contributed by atoms with Gasteiger partial charge in [0.05, 0.1) is 5.75 Å². The molecular weight excluding hydrogens is 204 g/mol. The van der Waals surface area contributed by atoms with Crippen molar-refractivity contribution in [3.05, 3.63) is 0 Å². The fourth-order valence-electron chi connectivity index (χ4n) is 0.911. The van der Waals surface area contributed by atoms with Crippen LogP contribution in [0.2, 0.25) is 0 Å². The molecule has 0 aliphatic rings. The van der Waals surface area contributed by atoms with Gasteiger partial charge in [-0.3, -0.25) is 4.79 Å². The molecule has 0 aliphatic heterocycles. The van der Waals surface area contributed by atoms with E-state index < -0.39 is 9.84 Å². The Balaban J connectivity index is 3.19. The number of nitrogens with one attached hydrogen (secondary N) is 2. The highest BCUT2D eigenvalue weighted by atomic mass is 32.2. The van der Waals surface area contributed by atoms with Gasteiger partial charge in [0.1, 0.15) is 9.84 Å². The highest BCUT2D eigenvalue weighted by Crippen LogP contribution is 1.86. The lowest BCUT2D eigenvalue weighted by atomic mass is 10.4. The molecule has 0 aromatic rings. The first-order valence-electron chi connectivity index (χ1n) is 4.55. The molecule has 0 unspecified atom stereocenters. The first-order valence-corrected chi connectivity index (χ1v) is 6.61. The van der Waals surface area contributed by atoms with E-state index in [-0.39, 0.29) is 11.7 Å². The van der Waals surface area contributed by atoms with E-state index in [1.54, 1.807) is 0 Å². The van der Waals surface area contributed by atoms with Crippen LogP contribution in [-0.4, -0.2) is 46.0 Å². The van der Waals surface area contributed by atoms with E-state index >= 15 is 0 Å². The van der Waals surface area contributed by atoms with Crippen molar-refractivity contribution in [2.75, 3.05) is 31.6 Å². The van der Waals surface area contributed by atoms with Crippen molar-refractivity contribution in [1.29, 1.82) is 0 Å². The van der Waals surface area contributed by atoms with Gasteiger partial charge in [-0.15, -0.1) is 0 Å². The third-order valence-corrected chi connectivity index (χ3v) is 2.57. The van der Waals surface area contributed by atoms with Crippen LogP contribution < -0.4 is 10.6 Å². The van der Waals surface area contributed by atoms with Gasteiger partial charge in [-0.25, -0.2) is 8.42 Å². The van der Waals surface area contributed by atoms with E-state index in [2.05, 4.69) is 10.6 Å². The average molecular weight is 222 g/mol. The van der Waals surface area contributed by atoms with Crippen molar-refractivity contribution in [3.63, 3.8) is 0 Å². The van der Waals surface area contributed by atoms with Gasteiger partial charge in [0.2, 0.25) is 5.91 Å². The predicted molar refractivity (Wildman–Crippen MR) is 55.9 cm³/mol. The lowest BCUT2D eigenvalue weighted by Gasteiger charge is -2.04. The standard InChI is InChI=1S/C8H18N2O3S/c1-8(11)10-6-5-9-4-3-7-14(2,12)13/h9H,3-7H2,1-2H3,(H,10,11). The number of carbonyl (C=O) groups is 1. The van der Waals surface area contributed by atoms with Crippen molar-refractivity contribution in [2.45, 2.75) is 13.3 Å². The zero-order chi connectivity index (χ0) is 11.0. The molecule has 0 bridgehead atoms. The summed E-state index contributed by atoms with van der Waals surface area (Å²) in [5, 5.41) is 5.67. The van der Waals surface area contributed by atoms with Crippen LogP contribution in [0, 0.1) is 0 Å². The molecule has 0 aliphatic carbocycles. The van der Waals surface area contributed by atoms with Crippen LogP contribution >= 0.6 is 0 Å². The van der Waals surface area contributed by atoms with Gasteiger partial charge in [0, 0.05) is 26.3 Å². The fraction of sp³-hybridized carbons (Fsp3) is 0.875. The Morgan fingerprint density at radius 1 is 1.21 bits per heavy atom. The summed E-state index contributed by atoms with van der Waals surface area (Å²) >= 11 is 0. The van der Waals surface area contributed by atoms with Gasteiger partial charge in [-0.2, -0.15) is 0 Å². The molecule has 0 radical (unpaired) electrons. The fourth-order valence-corrected chi connectivity index (χ4v) is 1.58. The summed E-state index contributed by atoms with van der Waals surface area (Å²) in [5.74, 6) is 0.156. The molecule has 1 amide bonds. The minimum Gasteiger partial charge on any atom is -0.355 e. The monoisotopic (exact) mass is 222 g/mol. The number of hydrogen-bond donors (Lipinski definition) is 2. The molecule has 0 spiro atoms. The second kappa shape index (κ2) is 6.78. The van der Waals surface area contributed by atoms with E-state index in [0.717, 1.165) is 0 Å². The van der Waals surface area contributed by atoms with Gasteiger partial charge >= 0.3 is 0 Å². The smallest absolute Gasteiger partial charge is 0.216 e. The Kier molecular flexibility index (Phi) is 6.48. The Labute approximate surface area is 85.2 Å². The summed E-state index contributed by atoms with van der Waals surface area (Å²) in [5.41, 5.74) is 0. The molecule has 0 rings (SSSR count). The van der Waals surface area contributed by atoms with E-state index in [1.165, 1.54) is 13.2 Å². The molecule has 14 heavy (non-hydrogen) atoms. The zero-order valence-corrected chi connectivity index (χ0v) is 9.49. The largest absolute Gasteiger partial charge is 0.355 e. The molecule has 0 atom stereocenters. The second-order valence-electron chi connectivity index (χ2n) is 3.22. The van der Waals surface area contributed by atoms with E-state index in [0.29, 0.717) is 26.1 Å². The maximum atomic E-state index is 10.7. The number of sulfone groups is 1. The van der Waals surface area contributed by atoms with Crippen molar-refractivity contribution in [2.24, 2.45) is 0 Å². The summed E-state index contributed by atoms with van der Waals surface area (Å²) in [6, 6.07) is 0. The first-order chi connectivity index (χ1) is 6.42. The third-order valence-electron chi connectivity index (χ3n) is 1.54. The van der Waals surface area contributed by atoms with Gasteiger partial charge in [-0.1, -0.05) is 0 Å². The number of amides is 1. The van der Waals surface area contributed by atoms with Crippen LogP contribution in [0.25, 0.3) is 0 Å². The minimum absolute atomic E-state index is 0.0528. The second-order valence-corrected chi connectivity index (χ2v) is 5.48. The summed E-state index contributed by atoms with van der Waals surface area (Å²) in [7, 11) is -2.84. The topological polar surface area (TPSA) is 75.3 Å². The Bertz CT molecular complexity index is 262. The van der Waals surface area contributed by atoms with Gasteiger partial charge in [0.25, 0.3) is 0 Å². The summed E-state index contributed by atoms with van der Waals surface area (Å²) in [6.45, 7) is 3.37. The summed E-state index contributed by atoms with van der Waals surface area (Å²) in [4.78, 5) is 10.4. The van der Waals surface area contributed by atoms with E-state index in [1.807, 2.05) is 0 Å². The molecule has 0 aromatic heterocycles. The highest BCUT2D eigenvalue weighted by molar-refractivity contribution is 7.90. The number of hydrogen-bond acceptors (Lipinski definition) is 4. The molecule has 84 valence electrons. The maximum absolute atomic E-state index is 10.7. The Morgan fingerprint density at radius 3 is 2.36 bits per heavy atom. The summed E-state index contributed by atoms with van der Waals surface area (Å²) in [6.07, 6.45) is 1.84. The lowest BCUT2D eigenvalue weighted by Crippen LogP contribution is -2.31. The van der Waals surface area contributed by atoms with Gasteiger partial charge in [-0.05, 0) is 13.0 Å². The van der Waals surface area contributed by atoms with Gasteiger partial charge in [0.15, 0.2) is 0 Å². The van der Waals surface area contributed by atoms with E-state index in [9.17, 15) is 13.2 Å². The van der Waals surface area contributed by atoms with Crippen LogP contribution in [-0.2, 0) is 14.6 Å². The molecule has 0 saturated heterocycles. The first kappa shape index (κ1) is 13.4. The van der Waals surface area contributed by atoms with Crippen molar-refractivity contribution in [1.82, 2.24) is 10.6 Å². The third kappa shape index (κ3) is 11.4. The predicted octanol–water partition coefficient (Wildman–Crippen LogP) is -0.853. The lowest BCUT2D eigenvalue weighted by molar-refractivity contribution is -0.118. The minimum atomic E-state index is -2.84. The Hall–Kier alpha value is -0.620. The van der Waals surface area contributed by atoms with Gasteiger partial charge < -0.3 is 10.6 Å². The zero-order valence-electron chi connectivity index (χ0n) is 8.67. The Morgan fingerprint density at radius 2 is 1.86 bits per heavy atom. The maximum Gasteiger partial charge on any atom is 0.216 e. The molecular formula is C8H18N2O3S. The quantitative estimate of drug-likeness (QED) is 0.550. The highest BCUT2D eigenvalue weighted by Gasteiger charge is 2.00. The SMILES string of the molecule is CC(=O)NCCNCCCS(C)(=O)=O. The van der Waals surface area contributed by atoms with Crippen molar-refractivity contribution in [3.8, 4) is 0 Å². The van der Waals surface area contributed by atoms with Crippen molar-refractivity contribution < 1.29 is 13.2 Å². The van der Waals surface area contributed by atoms with Crippen molar-refractivity contribution >= 4 is 15.7 Å².